The minimum absolute atomic E-state index is 0.790. The van der Waals surface area contributed by atoms with E-state index in [0.29, 0.717) is 0 Å². The molecule has 0 fully saturated rings. The summed E-state index contributed by atoms with van der Waals surface area (Å²) in [4.78, 5) is 0. The van der Waals surface area contributed by atoms with Gasteiger partial charge in [-0.25, -0.2) is 0 Å². The molecule has 0 aliphatic rings. The molecule has 0 aromatic rings. The Morgan fingerprint density at radius 1 is 0.159 bits per heavy atom. The molecule has 0 aliphatic heterocycles. The van der Waals surface area contributed by atoms with Crippen molar-refractivity contribution in [3.63, 3.8) is 0 Å². The van der Waals surface area contributed by atoms with Gasteiger partial charge in [0.1, 0.15) is 0 Å². The molecule has 0 aliphatic carbocycles. The minimum Gasteiger partial charge on any atom is -0.326 e. The Morgan fingerprint density at radius 2 is 0.280 bits per heavy atom. The van der Waals surface area contributed by atoms with Crippen molar-refractivity contribution in [2.45, 2.75) is 483 Å². The summed E-state index contributed by atoms with van der Waals surface area (Å²) in [6, 6.07) is 0. The molecule has 0 unspecified atom stereocenters. The average Bonchev–Trinajstić information content (AvgIpc) is 3.48. The number of hydrogen-bond acceptors (Lipinski definition) is 3. The van der Waals surface area contributed by atoms with Gasteiger partial charge in [0.15, 0.2) is 0 Å². The lowest BCUT2D eigenvalue weighted by Crippen LogP contribution is -1.95. The summed E-state index contributed by atoms with van der Waals surface area (Å²) in [6.45, 7) is 8.75. The van der Waals surface area contributed by atoms with Gasteiger partial charge in [-0.3, -0.25) is 0 Å². The Labute approximate surface area is 527 Å². The van der Waals surface area contributed by atoms with E-state index in [0.717, 1.165) is 13.2 Å². The van der Waals surface area contributed by atoms with Crippen LogP contribution in [-0.2, 0) is 9.05 Å². The molecule has 0 atom stereocenters. The van der Waals surface area contributed by atoms with Crippen LogP contribution in [0.1, 0.15) is 483 Å². The first-order valence-corrected chi connectivity index (χ1v) is 42.3. The molecular weight excluding hydrogens is 1030 g/mol. The number of rotatable bonds is 78. The average molecular weight is 1190 g/mol. The molecule has 0 saturated carbocycles. The van der Waals surface area contributed by atoms with E-state index < -0.39 is 7.58 Å². The van der Waals surface area contributed by atoms with Gasteiger partial charge >= 0.3 is 0 Å². The first kappa shape index (κ1) is 82.7. The summed E-state index contributed by atoms with van der Waals surface area (Å²) in [5.74, 6) is 1.21. The summed E-state index contributed by atoms with van der Waals surface area (Å²) in [6.07, 6.45) is 104. The summed E-state index contributed by atoms with van der Waals surface area (Å²) in [5, 5.41) is 0. The van der Waals surface area contributed by atoms with Crippen molar-refractivity contribution in [3.8, 4) is 0 Å². The van der Waals surface area contributed by atoms with E-state index in [1.807, 2.05) is 11.4 Å². The minimum atomic E-state index is -0.790. The summed E-state index contributed by atoms with van der Waals surface area (Å²) in [5.41, 5.74) is 0. The zero-order chi connectivity index (χ0) is 58.7. The fourth-order valence-corrected chi connectivity index (χ4v) is 15.7. The number of hydrogen-bond donors (Lipinski definition) is 0. The van der Waals surface area contributed by atoms with E-state index in [1.165, 1.54) is 468 Å². The zero-order valence-electron chi connectivity index (χ0n) is 57.7. The van der Waals surface area contributed by atoms with Crippen LogP contribution >= 0.6 is 19.0 Å². The summed E-state index contributed by atoms with van der Waals surface area (Å²) >= 11 is 2.02. The molecule has 0 amide bonds. The SMILES string of the molecule is CCCCCCCCCCCCCCCCCCCCCCCCCCOP(OCCCCCCCCCCCCCCCCCCCCCCCCCC)SCCCCCCCCCCCCCCCCCCCCCCCCCC. The topological polar surface area (TPSA) is 18.5 Å². The van der Waals surface area contributed by atoms with Crippen molar-refractivity contribution in [2.75, 3.05) is 19.0 Å². The molecule has 82 heavy (non-hydrogen) atoms. The van der Waals surface area contributed by atoms with Crippen LogP contribution in [0.2, 0.25) is 0 Å². The van der Waals surface area contributed by atoms with Crippen molar-refractivity contribution in [3.05, 3.63) is 0 Å². The van der Waals surface area contributed by atoms with Crippen LogP contribution in [0.5, 0.6) is 0 Å². The Bertz CT molecular complexity index is 928. The van der Waals surface area contributed by atoms with Crippen LogP contribution in [0.25, 0.3) is 0 Å². The van der Waals surface area contributed by atoms with Crippen LogP contribution in [0.3, 0.4) is 0 Å². The maximum atomic E-state index is 6.51. The van der Waals surface area contributed by atoms with Gasteiger partial charge in [-0.05, 0) is 19.3 Å². The predicted molar refractivity (Wildman–Crippen MR) is 381 cm³/mol. The van der Waals surface area contributed by atoms with Gasteiger partial charge in [0.05, 0.1) is 13.2 Å². The highest BCUT2D eigenvalue weighted by molar-refractivity contribution is 8.52. The van der Waals surface area contributed by atoms with Gasteiger partial charge in [-0.2, -0.15) is 0 Å². The monoisotopic (exact) mass is 1190 g/mol. The van der Waals surface area contributed by atoms with Crippen LogP contribution in [-0.4, -0.2) is 19.0 Å². The Kier molecular flexibility index (Phi) is 80.4. The fourth-order valence-electron chi connectivity index (χ4n) is 12.7. The lowest BCUT2D eigenvalue weighted by atomic mass is 10.0. The van der Waals surface area contributed by atoms with Crippen LogP contribution in [0.15, 0.2) is 0 Å². The highest BCUT2D eigenvalue weighted by Crippen LogP contribution is 2.52. The summed E-state index contributed by atoms with van der Waals surface area (Å²) < 4.78 is 13.0. The molecule has 0 bridgehead atoms. The van der Waals surface area contributed by atoms with Crippen molar-refractivity contribution in [1.29, 1.82) is 0 Å². The lowest BCUT2D eigenvalue weighted by Gasteiger charge is -2.17. The third-order valence-corrected chi connectivity index (χ3v) is 21.9. The van der Waals surface area contributed by atoms with Crippen LogP contribution < -0.4 is 0 Å². The normalized spacial score (nSPS) is 11.9. The third-order valence-electron chi connectivity index (χ3n) is 18.6. The molecule has 494 valence electrons. The van der Waals surface area contributed by atoms with E-state index >= 15 is 0 Å². The maximum Gasteiger partial charge on any atom is 0.238 e. The van der Waals surface area contributed by atoms with Gasteiger partial charge in [0.2, 0.25) is 7.58 Å². The molecule has 2 nitrogen and oxygen atoms in total. The molecule has 0 aromatic heterocycles. The predicted octanol–water partition coefficient (Wildman–Crippen LogP) is 31.1. The van der Waals surface area contributed by atoms with E-state index in [1.54, 1.807) is 0 Å². The first-order chi connectivity index (χ1) is 40.8. The zero-order valence-corrected chi connectivity index (χ0v) is 59.4. The smallest absolute Gasteiger partial charge is 0.238 e. The van der Waals surface area contributed by atoms with Gasteiger partial charge in [-0.1, -0.05) is 475 Å². The van der Waals surface area contributed by atoms with Gasteiger partial charge in [0.25, 0.3) is 0 Å². The Morgan fingerprint density at radius 3 is 0.427 bits per heavy atom. The highest BCUT2D eigenvalue weighted by Gasteiger charge is 2.12. The second-order valence-electron chi connectivity index (χ2n) is 27.1. The summed E-state index contributed by atoms with van der Waals surface area (Å²) in [7, 11) is -0.790. The van der Waals surface area contributed by atoms with Crippen molar-refractivity contribution in [1.82, 2.24) is 0 Å². The molecule has 0 heterocycles. The lowest BCUT2D eigenvalue weighted by molar-refractivity contribution is 0.251. The van der Waals surface area contributed by atoms with E-state index in [-0.39, 0.29) is 0 Å². The van der Waals surface area contributed by atoms with E-state index in [9.17, 15) is 0 Å². The molecule has 0 radical (unpaired) electrons. The Balaban J connectivity index is 4.00. The van der Waals surface area contributed by atoms with Gasteiger partial charge in [0, 0.05) is 5.75 Å². The fraction of sp³-hybridized carbons (Fsp3) is 1.00. The van der Waals surface area contributed by atoms with Crippen molar-refractivity contribution >= 4 is 19.0 Å². The molecule has 0 aromatic carbocycles. The van der Waals surface area contributed by atoms with Crippen LogP contribution in [0, 0.1) is 0 Å². The third kappa shape index (κ3) is 76.8. The van der Waals surface area contributed by atoms with E-state index in [4.69, 9.17) is 9.05 Å². The standard InChI is InChI=1S/C78H159O2PS/c1-4-7-10-13-16-19-22-25-28-31-34-37-40-43-46-49-52-55-58-61-64-67-70-73-76-79-81(80-77-74-71-68-65-62-59-56-53-50-47-44-41-38-35-32-29-26-23-20-17-14-11-8-5-2)82-78-75-72-69-66-63-60-57-54-51-48-45-42-39-36-33-30-27-24-21-18-15-12-9-6-3/h4-78H2,1-3H3. The molecule has 0 rings (SSSR count). The molecule has 0 N–H and O–H groups in total. The molecule has 0 saturated heterocycles. The largest absolute Gasteiger partial charge is 0.326 e. The van der Waals surface area contributed by atoms with Crippen molar-refractivity contribution < 1.29 is 9.05 Å². The quantitative estimate of drug-likeness (QED) is 0.0447. The second kappa shape index (κ2) is 79.7. The maximum absolute atomic E-state index is 6.51. The van der Waals surface area contributed by atoms with Crippen LogP contribution in [0.4, 0.5) is 0 Å². The van der Waals surface area contributed by atoms with E-state index in [2.05, 4.69) is 20.8 Å². The highest BCUT2D eigenvalue weighted by atomic mass is 32.7. The molecule has 0 spiro atoms. The number of unbranched alkanes of at least 4 members (excludes halogenated alkanes) is 69. The molecule has 4 heteroatoms. The Hall–Kier alpha value is 0.700. The first-order valence-electron chi connectivity index (χ1n) is 39.5. The second-order valence-corrected chi connectivity index (χ2v) is 30.4. The molecular formula is C78H159O2PS. The van der Waals surface area contributed by atoms with Crippen molar-refractivity contribution in [2.24, 2.45) is 0 Å². The van der Waals surface area contributed by atoms with Gasteiger partial charge in [-0.15, -0.1) is 0 Å². The van der Waals surface area contributed by atoms with Gasteiger partial charge < -0.3 is 9.05 Å².